The number of methoxy groups -OCH3 is 1. The number of amides is 3. The zero-order valence-corrected chi connectivity index (χ0v) is 24.8. The molecule has 1 aliphatic heterocycles. The van der Waals surface area contributed by atoms with Crippen LogP contribution in [-0.4, -0.2) is 78.8 Å². The van der Waals surface area contributed by atoms with Crippen LogP contribution < -0.4 is 30.5 Å². The van der Waals surface area contributed by atoms with E-state index in [2.05, 4.69) is 49.2 Å². The molecule has 0 atom stereocenters. The van der Waals surface area contributed by atoms with Crippen LogP contribution in [0.25, 0.3) is 0 Å². The highest BCUT2D eigenvalue weighted by molar-refractivity contribution is 6.35. The number of piperazine rings is 1. The van der Waals surface area contributed by atoms with Crippen LogP contribution in [0.2, 0.25) is 5.02 Å². The second kappa shape index (κ2) is 13.4. The Morgan fingerprint density at radius 1 is 1.14 bits per heavy atom. The fraction of sp³-hybridized carbons (Fsp3) is 0.310. The number of hydrogen-bond acceptors (Lipinski definition) is 9. The summed E-state index contributed by atoms with van der Waals surface area (Å²) in [5.74, 6) is 0.485. The number of hydrogen-bond donors (Lipinski definition) is 4. The first-order valence-electron chi connectivity index (χ1n) is 13.4. The number of ether oxygens (including phenoxy) is 1. The van der Waals surface area contributed by atoms with E-state index in [0.29, 0.717) is 22.8 Å². The summed E-state index contributed by atoms with van der Waals surface area (Å²) in [7, 11) is 2.95. The summed E-state index contributed by atoms with van der Waals surface area (Å²) in [6, 6.07) is 8.20. The number of aromatic hydroxyl groups is 1. The molecule has 2 aromatic carbocycles. The van der Waals surface area contributed by atoms with E-state index in [1.807, 2.05) is 18.2 Å². The van der Waals surface area contributed by atoms with Crippen LogP contribution in [0.5, 0.6) is 11.5 Å². The van der Waals surface area contributed by atoms with Crippen molar-refractivity contribution in [2.75, 3.05) is 72.6 Å². The quantitative estimate of drug-likeness (QED) is 0.257. The van der Waals surface area contributed by atoms with Crippen LogP contribution in [0, 0.1) is 6.92 Å². The number of urea groups is 1. The summed E-state index contributed by atoms with van der Waals surface area (Å²) >= 11 is 6.39. The summed E-state index contributed by atoms with van der Waals surface area (Å²) in [5, 5.41) is 19.2. The van der Waals surface area contributed by atoms with Crippen molar-refractivity contribution in [2.24, 2.45) is 0 Å². The average molecular weight is 595 g/mol. The van der Waals surface area contributed by atoms with E-state index in [1.165, 1.54) is 37.5 Å². The lowest BCUT2D eigenvalue weighted by Crippen LogP contribution is -2.46. The Bertz CT molecular complexity index is 1480. The van der Waals surface area contributed by atoms with Crippen molar-refractivity contribution in [1.82, 2.24) is 14.9 Å². The highest BCUT2D eigenvalue weighted by Crippen LogP contribution is 2.40. The summed E-state index contributed by atoms with van der Waals surface area (Å²) < 4.78 is 5.19. The molecule has 0 bridgehead atoms. The van der Waals surface area contributed by atoms with Gasteiger partial charge >= 0.3 is 6.03 Å². The molecule has 0 aliphatic carbocycles. The Kier molecular flexibility index (Phi) is 9.71. The van der Waals surface area contributed by atoms with Crippen LogP contribution in [-0.2, 0) is 4.79 Å². The van der Waals surface area contributed by atoms with Gasteiger partial charge in [0.2, 0.25) is 5.91 Å². The number of nitrogens with one attached hydrogen (secondary N) is 3. The van der Waals surface area contributed by atoms with E-state index in [0.717, 1.165) is 38.4 Å². The van der Waals surface area contributed by atoms with E-state index in [-0.39, 0.29) is 33.9 Å². The van der Waals surface area contributed by atoms with E-state index in [9.17, 15) is 14.7 Å². The summed E-state index contributed by atoms with van der Waals surface area (Å²) in [5.41, 5.74) is 2.76. The molecule has 1 aromatic heterocycles. The van der Waals surface area contributed by atoms with Crippen LogP contribution in [0.3, 0.4) is 0 Å². The molecule has 2 heterocycles. The number of likely N-dealkylation sites (N-methyl/N-ethyl adjacent to an activating group) is 1. The Morgan fingerprint density at radius 3 is 2.55 bits per heavy atom. The van der Waals surface area contributed by atoms with Crippen molar-refractivity contribution in [1.29, 1.82) is 0 Å². The van der Waals surface area contributed by atoms with Gasteiger partial charge in [0.25, 0.3) is 0 Å². The SMILES string of the molecule is C=CC(=O)Nc1cc(N2CCN(CC)CC2)ccc1Nc1cc(N(C)C(=O)Nc2c(C)c(O)cc(OC)c2Cl)ncn1. The zero-order valence-electron chi connectivity index (χ0n) is 24.1. The fourth-order valence-corrected chi connectivity index (χ4v) is 4.81. The average Bonchev–Trinajstić information content (AvgIpc) is 3.01. The Hall–Kier alpha value is -4.55. The molecule has 3 aromatic rings. The van der Waals surface area contributed by atoms with Gasteiger partial charge in [-0.2, -0.15) is 0 Å². The molecule has 1 aliphatic rings. The van der Waals surface area contributed by atoms with Gasteiger partial charge in [-0.05, 0) is 37.7 Å². The molecule has 3 amide bonds. The van der Waals surface area contributed by atoms with Crippen molar-refractivity contribution in [3.05, 3.63) is 59.9 Å². The Balaban J connectivity index is 1.54. The first-order valence-corrected chi connectivity index (χ1v) is 13.8. The number of halogens is 1. The van der Waals surface area contributed by atoms with Gasteiger partial charge in [-0.1, -0.05) is 25.1 Å². The van der Waals surface area contributed by atoms with Gasteiger partial charge < -0.3 is 35.6 Å². The lowest BCUT2D eigenvalue weighted by Gasteiger charge is -2.35. The normalized spacial score (nSPS) is 13.3. The van der Waals surface area contributed by atoms with Crippen LogP contribution in [0.4, 0.5) is 39.2 Å². The molecule has 0 unspecified atom stereocenters. The number of rotatable bonds is 9. The highest BCUT2D eigenvalue weighted by Gasteiger charge is 2.21. The van der Waals surface area contributed by atoms with Crippen molar-refractivity contribution < 1.29 is 19.4 Å². The number of anilines is 6. The molecular weight excluding hydrogens is 560 g/mol. The third-order valence-electron chi connectivity index (χ3n) is 7.11. The number of carbonyl (C=O) groups excluding carboxylic acids is 2. The first kappa shape index (κ1) is 30.4. The number of aromatic nitrogens is 2. The number of phenols is 1. The van der Waals surface area contributed by atoms with E-state index >= 15 is 0 Å². The van der Waals surface area contributed by atoms with Crippen LogP contribution in [0.15, 0.2) is 49.3 Å². The molecule has 0 radical (unpaired) electrons. The van der Waals surface area contributed by atoms with Crippen molar-refractivity contribution in [3.8, 4) is 11.5 Å². The number of carbonyl (C=O) groups is 2. The number of benzene rings is 2. The van der Waals surface area contributed by atoms with Crippen LogP contribution >= 0.6 is 11.6 Å². The molecule has 4 rings (SSSR count). The minimum atomic E-state index is -0.552. The first-order chi connectivity index (χ1) is 20.1. The maximum Gasteiger partial charge on any atom is 0.327 e. The van der Waals surface area contributed by atoms with Crippen molar-refractivity contribution in [2.45, 2.75) is 13.8 Å². The molecule has 0 saturated carbocycles. The molecular formula is C29H35ClN8O4. The maximum atomic E-state index is 13.1. The lowest BCUT2D eigenvalue weighted by atomic mass is 10.1. The molecule has 12 nitrogen and oxygen atoms in total. The Morgan fingerprint density at radius 2 is 1.88 bits per heavy atom. The third kappa shape index (κ3) is 6.84. The predicted molar refractivity (Wildman–Crippen MR) is 167 cm³/mol. The molecule has 0 spiro atoms. The van der Waals surface area contributed by atoms with Crippen molar-refractivity contribution in [3.63, 3.8) is 0 Å². The van der Waals surface area contributed by atoms with E-state index in [4.69, 9.17) is 16.3 Å². The van der Waals surface area contributed by atoms with Gasteiger partial charge in [0.05, 0.1) is 24.2 Å². The largest absolute Gasteiger partial charge is 0.507 e. The minimum Gasteiger partial charge on any atom is -0.507 e. The van der Waals surface area contributed by atoms with Gasteiger partial charge in [-0.15, -0.1) is 0 Å². The summed E-state index contributed by atoms with van der Waals surface area (Å²) in [6.07, 6.45) is 2.53. The summed E-state index contributed by atoms with van der Waals surface area (Å²) in [4.78, 5) is 39.8. The van der Waals surface area contributed by atoms with Gasteiger partial charge in [0, 0.05) is 56.6 Å². The molecule has 42 heavy (non-hydrogen) atoms. The summed E-state index contributed by atoms with van der Waals surface area (Å²) in [6.45, 7) is 12.1. The Labute approximate surface area is 249 Å². The fourth-order valence-electron chi connectivity index (χ4n) is 4.49. The molecule has 13 heteroatoms. The van der Waals surface area contributed by atoms with Crippen LogP contribution in [0.1, 0.15) is 12.5 Å². The third-order valence-corrected chi connectivity index (χ3v) is 7.48. The molecule has 1 saturated heterocycles. The zero-order chi connectivity index (χ0) is 30.4. The topological polar surface area (TPSA) is 135 Å². The second-order valence-electron chi connectivity index (χ2n) is 9.63. The molecule has 1 fully saturated rings. The molecule has 4 N–H and O–H groups in total. The van der Waals surface area contributed by atoms with Gasteiger partial charge in [-0.3, -0.25) is 9.69 Å². The molecule has 222 valence electrons. The smallest absolute Gasteiger partial charge is 0.327 e. The maximum absolute atomic E-state index is 13.1. The number of phenolic OH excluding ortho intramolecular Hbond substituents is 1. The minimum absolute atomic E-state index is 0.0729. The number of nitrogens with zero attached hydrogens (tertiary/aromatic N) is 5. The second-order valence-corrected chi connectivity index (χ2v) is 10.0. The van der Waals surface area contributed by atoms with Crippen molar-refractivity contribution >= 4 is 57.9 Å². The predicted octanol–water partition coefficient (Wildman–Crippen LogP) is 4.83. The van der Waals surface area contributed by atoms with E-state index < -0.39 is 6.03 Å². The van der Waals surface area contributed by atoms with E-state index in [1.54, 1.807) is 13.0 Å². The standard InChI is InChI=1S/C29H35ClN8O4/c1-6-26(40)34-21-14-19(38-12-10-37(7-2)11-13-38)8-9-20(21)33-24-16-25(32-17-31-24)36(4)29(41)35-28-18(3)22(39)15-23(42-5)27(28)30/h6,8-9,14-17,39H,1,7,10-13H2,2-5H3,(H,34,40)(H,35,41)(H,31,32,33). The van der Waals surface area contributed by atoms with Gasteiger partial charge in [0.15, 0.2) is 0 Å². The van der Waals surface area contributed by atoms with Gasteiger partial charge in [-0.25, -0.2) is 14.8 Å². The lowest BCUT2D eigenvalue weighted by molar-refractivity contribution is -0.111. The monoisotopic (exact) mass is 594 g/mol. The van der Waals surface area contributed by atoms with Gasteiger partial charge in [0.1, 0.15) is 34.5 Å². The highest BCUT2D eigenvalue weighted by atomic mass is 35.5.